The zero-order chi connectivity index (χ0) is 19.9. The molecule has 0 bridgehead atoms. The quantitative estimate of drug-likeness (QED) is 0.370. The van der Waals surface area contributed by atoms with E-state index in [1.54, 1.807) is 18.2 Å². The summed E-state index contributed by atoms with van der Waals surface area (Å²) < 4.78 is 31.1. The minimum atomic E-state index is -3.57. The minimum Gasteiger partial charge on any atom is -0.494 e. The predicted octanol–water partition coefficient (Wildman–Crippen LogP) is 4.01. The second kappa shape index (κ2) is 9.48. The van der Waals surface area contributed by atoms with E-state index in [9.17, 15) is 13.2 Å². The third kappa shape index (κ3) is 5.77. The molecule has 0 aliphatic carbocycles. The first-order valence-corrected chi connectivity index (χ1v) is 10.3. The van der Waals surface area contributed by atoms with Gasteiger partial charge in [0.05, 0.1) is 11.5 Å². The van der Waals surface area contributed by atoms with Crippen molar-refractivity contribution in [3.8, 4) is 5.75 Å². The summed E-state index contributed by atoms with van der Waals surface area (Å²) >= 11 is 0. The van der Waals surface area contributed by atoms with Crippen molar-refractivity contribution in [2.24, 2.45) is 0 Å². The second-order valence-corrected chi connectivity index (χ2v) is 8.44. The molecule has 5 nitrogen and oxygen atoms in total. The highest BCUT2D eigenvalue weighted by Crippen LogP contribution is 2.17. The summed E-state index contributed by atoms with van der Waals surface area (Å²) in [5.41, 5.74) is 1.19. The number of benzene rings is 2. The van der Waals surface area contributed by atoms with E-state index < -0.39 is 10.0 Å². The fraction of sp³-hybridized carbons (Fsp3) is 0.286. The largest absolute Gasteiger partial charge is 0.494 e. The molecule has 6 heteroatoms. The van der Waals surface area contributed by atoms with Gasteiger partial charge in [-0.1, -0.05) is 43.7 Å². The molecule has 0 saturated heterocycles. The zero-order valence-electron chi connectivity index (χ0n) is 15.9. The number of unbranched alkanes of at least 4 members (excludes halogenated alkanes) is 1. The fourth-order valence-electron chi connectivity index (χ4n) is 2.30. The van der Waals surface area contributed by atoms with E-state index >= 15 is 0 Å². The van der Waals surface area contributed by atoms with Crippen molar-refractivity contribution in [3.05, 3.63) is 65.7 Å². The summed E-state index contributed by atoms with van der Waals surface area (Å²) in [6.45, 7) is 2.80. The SMILES string of the molecule is CCCCOc1ccc(/C=C/C(=O)c2cccc(S(=O)(=O)N(C)C)c2)cc1. The lowest BCUT2D eigenvalue weighted by Crippen LogP contribution is -2.22. The summed E-state index contributed by atoms with van der Waals surface area (Å²) in [6, 6.07) is 13.5. The normalized spacial score (nSPS) is 11.9. The molecule has 2 aromatic carbocycles. The number of carbonyl (C=O) groups excluding carboxylic acids is 1. The lowest BCUT2D eigenvalue weighted by molar-refractivity contribution is 0.104. The molecule has 27 heavy (non-hydrogen) atoms. The molecule has 0 radical (unpaired) electrons. The highest BCUT2D eigenvalue weighted by atomic mass is 32.2. The van der Waals surface area contributed by atoms with Gasteiger partial charge in [-0.05, 0) is 42.3 Å². The van der Waals surface area contributed by atoms with Crippen molar-refractivity contribution in [2.75, 3.05) is 20.7 Å². The summed E-state index contributed by atoms with van der Waals surface area (Å²) in [5, 5.41) is 0. The van der Waals surface area contributed by atoms with Crippen LogP contribution < -0.4 is 4.74 Å². The summed E-state index contributed by atoms with van der Waals surface area (Å²) in [6.07, 6.45) is 5.23. The Morgan fingerprint density at radius 1 is 1.11 bits per heavy atom. The highest BCUT2D eigenvalue weighted by Gasteiger charge is 2.18. The molecule has 0 atom stereocenters. The minimum absolute atomic E-state index is 0.0975. The zero-order valence-corrected chi connectivity index (χ0v) is 16.7. The lowest BCUT2D eigenvalue weighted by Gasteiger charge is -2.11. The van der Waals surface area contributed by atoms with E-state index in [0.717, 1.165) is 28.5 Å². The summed E-state index contributed by atoms with van der Waals surface area (Å²) in [5.74, 6) is 0.544. The van der Waals surface area contributed by atoms with E-state index in [0.29, 0.717) is 12.2 Å². The second-order valence-electron chi connectivity index (χ2n) is 6.28. The average Bonchev–Trinajstić information content (AvgIpc) is 2.67. The molecule has 0 saturated carbocycles. The maximum atomic E-state index is 12.4. The number of hydrogen-bond donors (Lipinski definition) is 0. The van der Waals surface area contributed by atoms with Crippen molar-refractivity contribution >= 4 is 21.9 Å². The van der Waals surface area contributed by atoms with Crippen LogP contribution in [0.25, 0.3) is 6.08 Å². The maximum absolute atomic E-state index is 12.4. The van der Waals surface area contributed by atoms with Gasteiger partial charge in [0.25, 0.3) is 0 Å². The van der Waals surface area contributed by atoms with Crippen LogP contribution in [0.2, 0.25) is 0 Å². The van der Waals surface area contributed by atoms with Crippen LogP contribution in [-0.4, -0.2) is 39.2 Å². The first kappa shape index (κ1) is 20.9. The molecule has 0 fully saturated rings. The van der Waals surface area contributed by atoms with Gasteiger partial charge in [-0.3, -0.25) is 4.79 Å². The number of nitrogens with zero attached hydrogens (tertiary/aromatic N) is 1. The summed E-state index contributed by atoms with van der Waals surface area (Å²) in [4.78, 5) is 12.5. The standard InChI is InChI=1S/C21H25NO4S/c1-4-5-15-26-19-12-9-17(10-13-19)11-14-21(23)18-7-6-8-20(16-18)27(24,25)22(2)3/h6-14,16H,4-5,15H2,1-3H3/b14-11+. The topological polar surface area (TPSA) is 63.7 Å². The Balaban J connectivity index is 2.09. The van der Waals surface area contributed by atoms with Crippen LogP contribution in [0.15, 0.2) is 59.5 Å². The molecule has 2 rings (SSSR count). The van der Waals surface area contributed by atoms with Gasteiger partial charge < -0.3 is 4.74 Å². The molecule has 0 heterocycles. The third-order valence-corrected chi connectivity index (χ3v) is 5.78. The predicted molar refractivity (Wildman–Crippen MR) is 108 cm³/mol. The average molecular weight is 388 g/mol. The number of ketones is 1. The Labute approximate surface area is 161 Å². The van der Waals surface area contributed by atoms with Gasteiger partial charge in [0.15, 0.2) is 5.78 Å². The lowest BCUT2D eigenvalue weighted by atomic mass is 10.1. The molecule has 144 valence electrons. The Morgan fingerprint density at radius 3 is 2.44 bits per heavy atom. The highest BCUT2D eigenvalue weighted by molar-refractivity contribution is 7.89. The Hall–Kier alpha value is -2.44. The van der Waals surface area contributed by atoms with Crippen molar-refractivity contribution in [1.82, 2.24) is 4.31 Å². The molecular weight excluding hydrogens is 362 g/mol. The number of rotatable bonds is 9. The van der Waals surface area contributed by atoms with Crippen LogP contribution in [0.3, 0.4) is 0 Å². The van der Waals surface area contributed by atoms with Gasteiger partial charge in [-0.25, -0.2) is 12.7 Å². The van der Waals surface area contributed by atoms with E-state index in [-0.39, 0.29) is 10.7 Å². The van der Waals surface area contributed by atoms with Crippen LogP contribution in [0, 0.1) is 0 Å². The summed E-state index contributed by atoms with van der Waals surface area (Å²) in [7, 11) is -0.656. The van der Waals surface area contributed by atoms with Crippen LogP contribution in [-0.2, 0) is 10.0 Å². The van der Waals surface area contributed by atoms with Gasteiger partial charge in [0, 0.05) is 19.7 Å². The van der Waals surface area contributed by atoms with Gasteiger partial charge >= 0.3 is 0 Å². The van der Waals surface area contributed by atoms with Crippen molar-refractivity contribution in [1.29, 1.82) is 0 Å². The molecule has 0 aliphatic rings. The smallest absolute Gasteiger partial charge is 0.242 e. The Bertz CT molecular complexity index is 900. The van der Waals surface area contributed by atoms with Crippen LogP contribution >= 0.6 is 0 Å². The molecule has 0 spiro atoms. The van der Waals surface area contributed by atoms with E-state index in [1.807, 2.05) is 24.3 Å². The van der Waals surface area contributed by atoms with Crippen LogP contribution in [0.4, 0.5) is 0 Å². The molecule has 0 unspecified atom stereocenters. The first-order chi connectivity index (χ1) is 12.8. The van der Waals surface area contributed by atoms with Gasteiger partial charge in [-0.15, -0.1) is 0 Å². The first-order valence-electron chi connectivity index (χ1n) is 8.82. The molecule has 0 aliphatic heterocycles. The van der Waals surface area contributed by atoms with Gasteiger partial charge in [-0.2, -0.15) is 0 Å². The number of ether oxygens (including phenoxy) is 1. The number of allylic oxidation sites excluding steroid dienone is 1. The Kier molecular flexibility index (Phi) is 7.33. The number of sulfonamides is 1. The number of carbonyl (C=O) groups is 1. The van der Waals surface area contributed by atoms with E-state index in [1.165, 1.54) is 32.3 Å². The maximum Gasteiger partial charge on any atom is 0.242 e. The molecule has 0 aromatic heterocycles. The van der Waals surface area contributed by atoms with Crippen LogP contribution in [0.5, 0.6) is 5.75 Å². The molecule has 0 N–H and O–H groups in total. The van der Waals surface area contributed by atoms with E-state index in [4.69, 9.17) is 4.74 Å². The molecule has 2 aromatic rings. The fourth-order valence-corrected chi connectivity index (χ4v) is 3.25. The van der Waals surface area contributed by atoms with Crippen molar-refractivity contribution in [2.45, 2.75) is 24.7 Å². The van der Waals surface area contributed by atoms with E-state index in [2.05, 4.69) is 6.92 Å². The van der Waals surface area contributed by atoms with Crippen molar-refractivity contribution < 1.29 is 17.9 Å². The van der Waals surface area contributed by atoms with Crippen LogP contribution in [0.1, 0.15) is 35.7 Å². The number of hydrogen-bond acceptors (Lipinski definition) is 4. The van der Waals surface area contributed by atoms with Gasteiger partial charge in [0.2, 0.25) is 10.0 Å². The third-order valence-electron chi connectivity index (χ3n) is 3.97. The molecular formula is C21H25NO4S. The Morgan fingerprint density at radius 2 is 1.81 bits per heavy atom. The molecule has 0 amide bonds. The monoisotopic (exact) mass is 387 g/mol. The van der Waals surface area contributed by atoms with Crippen molar-refractivity contribution in [3.63, 3.8) is 0 Å². The van der Waals surface area contributed by atoms with Gasteiger partial charge in [0.1, 0.15) is 5.75 Å².